The van der Waals surface area contributed by atoms with E-state index in [2.05, 4.69) is 42.8 Å². The van der Waals surface area contributed by atoms with E-state index in [-0.39, 0.29) is 12.0 Å². The van der Waals surface area contributed by atoms with Gasteiger partial charge in [0.15, 0.2) is 0 Å². The molecule has 0 aliphatic carbocycles. The fourth-order valence-electron chi connectivity index (χ4n) is 3.67. The van der Waals surface area contributed by atoms with Crippen LogP contribution in [0.15, 0.2) is 24.4 Å². The number of rotatable bonds is 3. The van der Waals surface area contributed by atoms with Crippen molar-refractivity contribution in [3.63, 3.8) is 0 Å². The lowest BCUT2D eigenvalue weighted by Gasteiger charge is -2.41. The lowest BCUT2D eigenvalue weighted by atomic mass is 9.87. The van der Waals surface area contributed by atoms with Crippen LogP contribution in [0.2, 0.25) is 0 Å². The van der Waals surface area contributed by atoms with Crippen molar-refractivity contribution in [3.8, 4) is 0 Å². The summed E-state index contributed by atoms with van der Waals surface area (Å²) >= 11 is 0. The molecule has 0 atom stereocenters. The SMILES string of the molecule is CC(C)(C)N1CCC(c2ccc3[nH]cc(CC(F)F)c3c2)CC1. The number of piperidine rings is 1. The molecule has 0 spiro atoms. The number of likely N-dealkylation sites (tertiary alicyclic amines) is 1. The largest absolute Gasteiger partial charge is 0.361 e. The first-order chi connectivity index (χ1) is 10.8. The number of benzene rings is 1. The minimum Gasteiger partial charge on any atom is -0.361 e. The first-order valence-corrected chi connectivity index (χ1v) is 8.47. The topological polar surface area (TPSA) is 19.0 Å². The number of aromatic amines is 1. The van der Waals surface area contributed by atoms with Gasteiger partial charge in [0.2, 0.25) is 6.43 Å². The summed E-state index contributed by atoms with van der Waals surface area (Å²) in [6.45, 7) is 8.98. The molecule has 0 amide bonds. The first-order valence-electron chi connectivity index (χ1n) is 8.47. The summed E-state index contributed by atoms with van der Waals surface area (Å²) in [5.41, 5.74) is 3.20. The summed E-state index contributed by atoms with van der Waals surface area (Å²) in [5.74, 6) is 0.535. The summed E-state index contributed by atoms with van der Waals surface area (Å²) in [6, 6.07) is 6.32. The van der Waals surface area contributed by atoms with Crippen LogP contribution >= 0.6 is 0 Å². The van der Waals surface area contributed by atoms with Crippen LogP contribution in [0.5, 0.6) is 0 Å². The normalized spacial score (nSPS) is 18.2. The molecule has 0 radical (unpaired) electrons. The van der Waals surface area contributed by atoms with Crippen molar-refractivity contribution in [2.75, 3.05) is 13.1 Å². The van der Waals surface area contributed by atoms with E-state index in [1.165, 1.54) is 5.56 Å². The summed E-state index contributed by atoms with van der Waals surface area (Å²) in [7, 11) is 0. The molecule has 1 aromatic heterocycles. The second-order valence-electron chi connectivity index (χ2n) is 7.65. The molecule has 1 saturated heterocycles. The first kappa shape index (κ1) is 16.4. The van der Waals surface area contributed by atoms with Gasteiger partial charge in [-0.3, -0.25) is 4.90 Å². The molecule has 2 aromatic rings. The van der Waals surface area contributed by atoms with Gasteiger partial charge in [0.1, 0.15) is 0 Å². The molecule has 3 rings (SSSR count). The highest BCUT2D eigenvalue weighted by molar-refractivity contribution is 5.84. The van der Waals surface area contributed by atoms with E-state index in [9.17, 15) is 8.78 Å². The standard InChI is InChI=1S/C19H26F2N2/c1-19(2,3)23-8-6-13(7-9-23)14-4-5-17-16(10-14)15(12-22-17)11-18(20)21/h4-5,10,12-13,18,22H,6-9,11H2,1-3H3. The molecule has 1 N–H and O–H groups in total. The van der Waals surface area contributed by atoms with Crippen LogP contribution in [0.1, 0.15) is 50.7 Å². The van der Waals surface area contributed by atoms with Gasteiger partial charge >= 0.3 is 0 Å². The van der Waals surface area contributed by atoms with Crippen LogP contribution in [-0.4, -0.2) is 34.9 Å². The van der Waals surface area contributed by atoms with E-state index in [0.717, 1.165) is 42.4 Å². The Kier molecular flexibility index (Phi) is 4.45. The molecule has 4 heteroatoms. The molecule has 2 nitrogen and oxygen atoms in total. The van der Waals surface area contributed by atoms with Crippen LogP contribution in [0, 0.1) is 0 Å². The maximum Gasteiger partial charge on any atom is 0.242 e. The monoisotopic (exact) mass is 320 g/mol. The minimum atomic E-state index is -2.30. The van der Waals surface area contributed by atoms with Crippen molar-refractivity contribution in [3.05, 3.63) is 35.5 Å². The summed E-state index contributed by atoms with van der Waals surface area (Å²) in [5, 5.41) is 0.959. The van der Waals surface area contributed by atoms with Crippen LogP contribution in [-0.2, 0) is 6.42 Å². The van der Waals surface area contributed by atoms with E-state index in [4.69, 9.17) is 0 Å². The van der Waals surface area contributed by atoms with Crippen LogP contribution in [0.3, 0.4) is 0 Å². The Bertz CT molecular complexity index is 662. The molecule has 0 saturated carbocycles. The maximum atomic E-state index is 12.7. The predicted molar refractivity (Wildman–Crippen MR) is 91.3 cm³/mol. The van der Waals surface area contributed by atoms with E-state index in [1.807, 2.05) is 6.07 Å². The quantitative estimate of drug-likeness (QED) is 0.847. The lowest BCUT2D eigenvalue weighted by molar-refractivity contribution is 0.102. The maximum absolute atomic E-state index is 12.7. The van der Waals surface area contributed by atoms with E-state index >= 15 is 0 Å². The van der Waals surface area contributed by atoms with E-state index < -0.39 is 6.43 Å². The van der Waals surface area contributed by atoms with Crippen molar-refractivity contribution in [2.24, 2.45) is 0 Å². The molecule has 2 heterocycles. The molecular weight excluding hydrogens is 294 g/mol. The fraction of sp³-hybridized carbons (Fsp3) is 0.579. The van der Waals surface area contributed by atoms with Crippen molar-refractivity contribution >= 4 is 10.9 Å². The summed E-state index contributed by atoms with van der Waals surface area (Å²) in [6.07, 6.45) is 1.52. The van der Waals surface area contributed by atoms with Gasteiger partial charge in [-0.25, -0.2) is 8.78 Å². The molecule has 1 aliphatic rings. The summed E-state index contributed by atoms with van der Waals surface area (Å²) < 4.78 is 25.4. The molecule has 126 valence electrons. The molecule has 1 aromatic carbocycles. The number of aromatic nitrogens is 1. The Labute approximate surface area is 136 Å². The Balaban J connectivity index is 1.78. The van der Waals surface area contributed by atoms with Gasteiger partial charge in [0.05, 0.1) is 0 Å². The van der Waals surface area contributed by atoms with Gasteiger partial charge in [-0.15, -0.1) is 0 Å². The third-order valence-electron chi connectivity index (χ3n) is 5.08. The average molecular weight is 320 g/mol. The van der Waals surface area contributed by atoms with Gasteiger partial charge in [0.25, 0.3) is 0 Å². The van der Waals surface area contributed by atoms with Crippen molar-refractivity contribution in [1.82, 2.24) is 9.88 Å². The van der Waals surface area contributed by atoms with Crippen molar-refractivity contribution in [2.45, 2.75) is 57.9 Å². The van der Waals surface area contributed by atoms with Crippen LogP contribution in [0.25, 0.3) is 10.9 Å². The molecule has 0 unspecified atom stereocenters. The number of hydrogen-bond donors (Lipinski definition) is 1. The number of H-pyrrole nitrogens is 1. The van der Waals surface area contributed by atoms with Gasteiger partial charge < -0.3 is 4.98 Å². The Morgan fingerprint density at radius 1 is 1.22 bits per heavy atom. The number of alkyl halides is 2. The molecule has 23 heavy (non-hydrogen) atoms. The van der Waals surface area contributed by atoms with Crippen molar-refractivity contribution < 1.29 is 8.78 Å². The Hall–Kier alpha value is -1.42. The zero-order valence-corrected chi connectivity index (χ0v) is 14.2. The van der Waals surface area contributed by atoms with Crippen molar-refractivity contribution in [1.29, 1.82) is 0 Å². The average Bonchev–Trinajstić information content (AvgIpc) is 2.88. The second-order valence-corrected chi connectivity index (χ2v) is 7.65. The van der Waals surface area contributed by atoms with Gasteiger partial charge in [0, 0.05) is 29.1 Å². The highest BCUT2D eigenvalue weighted by Gasteiger charge is 2.27. The van der Waals surface area contributed by atoms with Gasteiger partial charge in [-0.05, 0) is 75.9 Å². The number of nitrogens with one attached hydrogen (secondary N) is 1. The minimum absolute atomic E-state index is 0.175. The Morgan fingerprint density at radius 2 is 1.91 bits per heavy atom. The zero-order valence-electron chi connectivity index (χ0n) is 14.2. The van der Waals surface area contributed by atoms with Crippen LogP contribution in [0.4, 0.5) is 8.78 Å². The fourth-order valence-corrected chi connectivity index (χ4v) is 3.67. The van der Waals surface area contributed by atoms with Gasteiger partial charge in [-0.2, -0.15) is 0 Å². The Morgan fingerprint density at radius 3 is 2.52 bits per heavy atom. The molecule has 1 aliphatic heterocycles. The number of fused-ring (bicyclic) bond motifs is 1. The van der Waals surface area contributed by atoms with Crippen LogP contribution < -0.4 is 0 Å². The number of hydrogen-bond acceptors (Lipinski definition) is 1. The predicted octanol–water partition coefficient (Wildman–Crippen LogP) is 4.95. The second kappa shape index (κ2) is 6.23. The smallest absolute Gasteiger partial charge is 0.242 e. The third kappa shape index (κ3) is 3.57. The number of nitrogens with zero attached hydrogens (tertiary/aromatic N) is 1. The van der Waals surface area contributed by atoms with E-state index in [0.29, 0.717) is 5.92 Å². The number of halogens is 2. The summed E-state index contributed by atoms with van der Waals surface area (Å²) in [4.78, 5) is 5.64. The lowest BCUT2D eigenvalue weighted by Crippen LogP contribution is -2.45. The van der Waals surface area contributed by atoms with Gasteiger partial charge in [-0.1, -0.05) is 6.07 Å². The molecule has 0 bridgehead atoms. The third-order valence-corrected chi connectivity index (χ3v) is 5.08. The zero-order chi connectivity index (χ0) is 16.6. The highest BCUT2D eigenvalue weighted by Crippen LogP contribution is 2.33. The molecular formula is C19H26F2N2. The highest BCUT2D eigenvalue weighted by atomic mass is 19.3. The van der Waals surface area contributed by atoms with E-state index in [1.54, 1.807) is 6.20 Å². The molecule has 1 fully saturated rings.